The molecule has 1 N–H and O–H groups in total. The van der Waals surface area contributed by atoms with Crippen molar-refractivity contribution in [3.05, 3.63) is 29.5 Å². The Kier molecular flexibility index (Phi) is 5.89. The molecule has 1 aromatic carbocycles. The highest BCUT2D eigenvalue weighted by atomic mass is 16.5. The Morgan fingerprint density at radius 3 is 2.69 bits per heavy atom. The summed E-state index contributed by atoms with van der Waals surface area (Å²) >= 11 is 0. The highest BCUT2D eigenvalue weighted by Gasteiger charge is 2.33. The van der Waals surface area contributed by atoms with E-state index in [0.717, 1.165) is 28.7 Å². The fourth-order valence-corrected chi connectivity index (χ4v) is 3.93. The molecular formula is C22H31N3O4. The van der Waals surface area contributed by atoms with Crippen LogP contribution in [0, 0.1) is 6.92 Å². The van der Waals surface area contributed by atoms with Crippen LogP contribution in [0.5, 0.6) is 5.75 Å². The summed E-state index contributed by atoms with van der Waals surface area (Å²) in [6, 6.07) is 5.61. The topological polar surface area (TPSA) is 76.3 Å². The van der Waals surface area contributed by atoms with E-state index >= 15 is 0 Å². The molecule has 1 aliphatic heterocycles. The Hall–Kier alpha value is -2.54. The third-order valence-electron chi connectivity index (χ3n) is 5.45. The minimum Gasteiger partial charge on any atom is -0.491 e. The van der Waals surface area contributed by atoms with Crippen molar-refractivity contribution in [1.82, 2.24) is 9.58 Å². The number of fused-ring (bicyclic) bond motifs is 1. The van der Waals surface area contributed by atoms with Gasteiger partial charge in [-0.1, -0.05) is 0 Å². The van der Waals surface area contributed by atoms with E-state index in [-0.39, 0.29) is 18.1 Å². The van der Waals surface area contributed by atoms with Gasteiger partial charge in [-0.3, -0.25) is 5.01 Å². The molecule has 0 aliphatic carbocycles. The molecule has 0 radical (unpaired) electrons. The van der Waals surface area contributed by atoms with Crippen molar-refractivity contribution < 1.29 is 19.4 Å². The zero-order valence-electron chi connectivity index (χ0n) is 18.2. The molecule has 1 aromatic heterocycles. The number of aromatic nitrogens is 1. The summed E-state index contributed by atoms with van der Waals surface area (Å²) in [5.74, 6) is 0.269. The third kappa shape index (κ3) is 4.24. The lowest BCUT2D eigenvalue weighted by molar-refractivity contribution is 0.0387. The average Bonchev–Trinajstić information content (AvgIpc) is 3.04. The zero-order chi connectivity index (χ0) is 21.3. The number of aliphatic hydroxyl groups excluding tert-OH is 1. The number of rotatable bonds is 7. The van der Waals surface area contributed by atoms with Gasteiger partial charge in [-0.25, -0.2) is 4.79 Å². The van der Waals surface area contributed by atoms with Gasteiger partial charge < -0.3 is 19.1 Å². The van der Waals surface area contributed by atoms with E-state index in [1.165, 1.54) is 0 Å². The maximum Gasteiger partial charge on any atom is 0.340 e. The minimum absolute atomic E-state index is 0.0971. The second-order valence-corrected chi connectivity index (χ2v) is 8.29. The zero-order valence-corrected chi connectivity index (χ0v) is 18.2. The molecule has 7 nitrogen and oxygen atoms in total. The fraction of sp³-hybridized carbons (Fsp3) is 0.545. The number of carbonyl (C=O) groups excluding carboxylic acids is 1. The van der Waals surface area contributed by atoms with Gasteiger partial charge >= 0.3 is 5.97 Å². The first-order valence-electron chi connectivity index (χ1n) is 10.0. The normalized spacial score (nSPS) is 16.8. The van der Waals surface area contributed by atoms with E-state index in [1.807, 2.05) is 48.7 Å². The number of hydrazone groups is 1. The van der Waals surface area contributed by atoms with Crippen molar-refractivity contribution in [3.63, 3.8) is 0 Å². The highest BCUT2D eigenvalue weighted by molar-refractivity contribution is 6.06. The number of aryl methyl sites for hydroxylation is 1. The van der Waals surface area contributed by atoms with Gasteiger partial charge in [-0.15, -0.1) is 0 Å². The predicted octanol–water partition coefficient (Wildman–Crippen LogP) is 3.26. The van der Waals surface area contributed by atoms with Crippen LogP contribution < -0.4 is 4.74 Å². The van der Waals surface area contributed by atoms with Gasteiger partial charge in [0.25, 0.3) is 0 Å². The van der Waals surface area contributed by atoms with Crippen molar-refractivity contribution in [2.45, 2.75) is 52.7 Å². The highest BCUT2D eigenvalue weighted by Crippen LogP contribution is 2.30. The predicted molar refractivity (Wildman–Crippen MR) is 114 cm³/mol. The van der Waals surface area contributed by atoms with Gasteiger partial charge in [0, 0.05) is 35.8 Å². The lowest BCUT2D eigenvalue weighted by Gasteiger charge is -2.32. The molecule has 0 bridgehead atoms. The molecule has 0 saturated heterocycles. The lowest BCUT2D eigenvalue weighted by atomic mass is 9.99. The van der Waals surface area contributed by atoms with Gasteiger partial charge in [-0.2, -0.15) is 5.10 Å². The second-order valence-electron chi connectivity index (χ2n) is 8.29. The van der Waals surface area contributed by atoms with Gasteiger partial charge in [-0.05, 0) is 52.8 Å². The first-order chi connectivity index (χ1) is 13.6. The number of hydrogen-bond acceptors (Lipinski definition) is 6. The van der Waals surface area contributed by atoms with Gasteiger partial charge in [0.15, 0.2) is 0 Å². The van der Waals surface area contributed by atoms with Crippen LogP contribution in [-0.4, -0.2) is 57.8 Å². The molecule has 0 spiro atoms. The largest absolute Gasteiger partial charge is 0.491 e. The van der Waals surface area contributed by atoms with Crippen molar-refractivity contribution >= 4 is 22.6 Å². The molecule has 29 heavy (non-hydrogen) atoms. The standard InChI is InChI=1S/C22H31N3O4/c1-7-28-21(27)20-15(3)24(6)19-9-8-17(10-18(19)20)29-13-16(26)12-25-22(4,5)11-14(2)23-25/h8-10,16,26H,7,11-13H2,1-6H3/t16-/m1/s1. The Morgan fingerprint density at radius 1 is 1.34 bits per heavy atom. The molecule has 1 atom stereocenters. The quantitative estimate of drug-likeness (QED) is 0.721. The van der Waals surface area contributed by atoms with Crippen LogP contribution in [0.3, 0.4) is 0 Å². The number of β-amino-alcohol motifs (C(OH)–C–C–N with tert-alkyl or cyclic N) is 1. The number of nitrogens with zero attached hydrogens (tertiary/aromatic N) is 3. The fourth-order valence-electron chi connectivity index (χ4n) is 3.93. The number of carbonyl (C=O) groups is 1. The number of aliphatic hydroxyl groups is 1. The molecule has 7 heteroatoms. The lowest BCUT2D eigenvalue weighted by Crippen LogP contribution is -2.42. The molecular weight excluding hydrogens is 370 g/mol. The van der Waals surface area contributed by atoms with Gasteiger partial charge in [0.2, 0.25) is 0 Å². The third-order valence-corrected chi connectivity index (χ3v) is 5.45. The molecule has 3 rings (SSSR count). The van der Waals surface area contributed by atoms with Gasteiger partial charge in [0.1, 0.15) is 18.5 Å². The summed E-state index contributed by atoms with van der Waals surface area (Å²) < 4.78 is 13.0. The van der Waals surface area contributed by atoms with Crippen molar-refractivity contribution in [2.24, 2.45) is 12.1 Å². The first kappa shape index (κ1) is 21.2. The molecule has 2 aromatic rings. The molecule has 0 amide bonds. The minimum atomic E-state index is -0.679. The number of esters is 1. The maximum atomic E-state index is 12.4. The maximum absolute atomic E-state index is 12.4. The van der Waals surface area contributed by atoms with Crippen LogP contribution in [0.1, 0.15) is 50.2 Å². The summed E-state index contributed by atoms with van der Waals surface area (Å²) in [5.41, 5.74) is 3.31. The second kappa shape index (κ2) is 8.06. The van der Waals surface area contributed by atoms with E-state index < -0.39 is 6.10 Å². The molecule has 158 valence electrons. The summed E-state index contributed by atoms with van der Waals surface area (Å²) in [5, 5.41) is 17.7. The van der Waals surface area contributed by atoms with Crippen LogP contribution in [0.4, 0.5) is 0 Å². The molecule has 0 unspecified atom stereocenters. The summed E-state index contributed by atoms with van der Waals surface area (Å²) in [6.07, 6.45) is 0.211. The van der Waals surface area contributed by atoms with E-state index in [0.29, 0.717) is 24.5 Å². The summed E-state index contributed by atoms with van der Waals surface area (Å²) in [4.78, 5) is 12.4. The monoisotopic (exact) mass is 401 g/mol. The Morgan fingerprint density at radius 2 is 2.07 bits per heavy atom. The van der Waals surface area contributed by atoms with E-state index in [4.69, 9.17) is 9.47 Å². The molecule has 1 aliphatic rings. The average molecular weight is 402 g/mol. The van der Waals surface area contributed by atoms with Crippen LogP contribution in [-0.2, 0) is 11.8 Å². The number of hydrogen-bond donors (Lipinski definition) is 1. The van der Waals surface area contributed by atoms with Crippen molar-refractivity contribution in [2.75, 3.05) is 19.8 Å². The van der Waals surface area contributed by atoms with Crippen LogP contribution in [0.15, 0.2) is 23.3 Å². The summed E-state index contributed by atoms with van der Waals surface area (Å²) in [6.45, 7) is 10.8. The Labute approximate surface area is 171 Å². The number of ether oxygens (including phenoxy) is 2. The Bertz CT molecular complexity index is 945. The van der Waals surface area contributed by atoms with Crippen LogP contribution >= 0.6 is 0 Å². The molecule has 0 saturated carbocycles. The molecule has 0 fully saturated rings. The SMILES string of the molecule is CCOC(=O)c1c(C)n(C)c2ccc(OC[C@H](O)CN3N=C(C)CC3(C)C)cc12. The van der Waals surface area contributed by atoms with Crippen LogP contribution in [0.2, 0.25) is 0 Å². The van der Waals surface area contributed by atoms with E-state index in [2.05, 4.69) is 18.9 Å². The van der Waals surface area contributed by atoms with Crippen molar-refractivity contribution in [1.29, 1.82) is 0 Å². The van der Waals surface area contributed by atoms with E-state index in [1.54, 1.807) is 6.92 Å². The smallest absolute Gasteiger partial charge is 0.340 e. The van der Waals surface area contributed by atoms with Gasteiger partial charge in [0.05, 0.1) is 24.3 Å². The van der Waals surface area contributed by atoms with Crippen LogP contribution in [0.25, 0.3) is 10.9 Å². The first-order valence-corrected chi connectivity index (χ1v) is 10.0. The summed E-state index contributed by atoms with van der Waals surface area (Å²) in [7, 11) is 1.92. The number of benzene rings is 1. The van der Waals surface area contributed by atoms with E-state index in [9.17, 15) is 9.90 Å². The van der Waals surface area contributed by atoms with Crippen molar-refractivity contribution in [3.8, 4) is 5.75 Å². The Balaban J connectivity index is 1.74. The molecule has 2 heterocycles.